The molecule has 0 bridgehead atoms. The summed E-state index contributed by atoms with van der Waals surface area (Å²) in [6, 6.07) is 11.9. The molecular formula is C29H39NO5. The quantitative estimate of drug-likeness (QED) is 0.431. The number of amides is 1. The van der Waals surface area contributed by atoms with Crippen LogP contribution >= 0.6 is 0 Å². The standard InChI is InChI=1S/C29H39NO5/c1-29(2,17-20-9-11-22(33-3)12-10-20)14-13-26(31)24-15-23(34-18-21-7-5-4-6-8-21)16-25-28(24)35-19-27(32)30-25/h9-12,15-16,21,26,31H,4-8,13-14,17-19H2,1-3H3,(H,30,32)/t26-/m0/s1. The SMILES string of the molecule is COc1ccc(CC(C)(C)CC[C@H](O)c2cc(OCC3CCCCC3)cc3c2OCC(=O)N3)cc1. The molecule has 0 unspecified atom stereocenters. The van der Waals surface area contributed by atoms with Crippen molar-refractivity contribution in [3.8, 4) is 17.2 Å². The first-order valence-electron chi connectivity index (χ1n) is 12.9. The molecule has 6 heteroatoms. The van der Waals surface area contributed by atoms with Crippen molar-refractivity contribution in [2.45, 2.75) is 71.3 Å². The normalized spacial score (nSPS) is 17.2. The molecule has 0 spiro atoms. The number of hydrogen-bond acceptors (Lipinski definition) is 5. The second-order valence-electron chi connectivity index (χ2n) is 10.8. The van der Waals surface area contributed by atoms with Gasteiger partial charge in [-0.2, -0.15) is 0 Å². The molecule has 0 saturated heterocycles. The summed E-state index contributed by atoms with van der Waals surface area (Å²) in [5, 5.41) is 14.1. The third-order valence-corrected chi connectivity index (χ3v) is 7.22. The van der Waals surface area contributed by atoms with Crippen LogP contribution in [-0.4, -0.2) is 31.3 Å². The van der Waals surface area contributed by atoms with Crippen molar-refractivity contribution in [2.75, 3.05) is 25.6 Å². The molecule has 1 aliphatic heterocycles. The third-order valence-electron chi connectivity index (χ3n) is 7.22. The zero-order valence-electron chi connectivity index (χ0n) is 21.3. The Kier molecular flexibility index (Phi) is 8.22. The number of hydrogen-bond donors (Lipinski definition) is 2. The number of aliphatic hydroxyl groups excluding tert-OH is 1. The maximum Gasteiger partial charge on any atom is 0.262 e. The molecule has 1 fully saturated rings. The highest BCUT2D eigenvalue weighted by molar-refractivity contribution is 5.96. The molecule has 2 aliphatic rings. The van der Waals surface area contributed by atoms with Gasteiger partial charge in [-0.25, -0.2) is 0 Å². The van der Waals surface area contributed by atoms with Crippen molar-refractivity contribution in [1.82, 2.24) is 0 Å². The van der Waals surface area contributed by atoms with Crippen LogP contribution in [0.25, 0.3) is 0 Å². The lowest BCUT2D eigenvalue weighted by Crippen LogP contribution is -2.26. The van der Waals surface area contributed by atoms with E-state index in [2.05, 4.69) is 31.3 Å². The van der Waals surface area contributed by atoms with Gasteiger partial charge in [0.2, 0.25) is 0 Å². The zero-order chi connectivity index (χ0) is 24.8. The summed E-state index contributed by atoms with van der Waals surface area (Å²) < 4.78 is 17.2. The molecule has 2 aromatic carbocycles. The van der Waals surface area contributed by atoms with E-state index in [1.54, 1.807) is 7.11 Å². The van der Waals surface area contributed by atoms with Crippen molar-refractivity contribution in [2.24, 2.45) is 11.3 Å². The van der Waals surface area contributed by atoms with Crippen LogP contribution in [0.4, 0.5) is 5.69 Å². The van der Waals surface area contributed by atoms with Crippen LogP contribution in [0.1, 0.15) is 76.0 Å². The lowest BCUT2D eigenvalue weighted by atomic mass is 9.80. The van der Waals surface area contributed by atoms with Gasteiger partial charge in [0, 0.05) is 11.6 Å². The van der Waals surface area contributed by atoms with Gasteiger partial charge in [-0.1, -0.05) is 45.2 Å². The predicted molar refractivity (Wildman–Crippen MR) is 137 cm³/mol. The second-order valence-corrected chi connectivity index (χ2v) is 10.8. The van der Waals surface area contributed by atoms with E-state index < -0.39 is 6.10 Å². The van der Waals surface area contributed by atoms with Crippen LogP contribution in [0, 0.1) is 11.3 Å². The molecule has 2 N–H and O–H groups in total. The minimum absolute atomic E-state index is 0.000203. The maximum atomic E-state index is 11.9. The molecule has 35 heavy (non-hydrogen) atoms. The van der Waals surface area contributed by atoms with Crippen molar-refractivity contribution in [3.63, 3.8) is 0 Å². The molecule has 0 radical (unpaired) electrons. The Morgan fingerprint density at radius 2 is 1.86 bits per heavy atom. The topological polar surface area (TPSA) is 77.0 Å². The van der Waals surface area contributed by atoms with Crippen molar-refractivity contribution in [3.05, 3.63) is 47.5 Å². The molecule has 6 nitrogen and oxygen atoms in total. The van der Waals surface area contributed by atoms with E-state index >= 15 is 0 Å². The summed E-state index contributed by atoms with van der Waals surface area (Å²) in [5.74, 6) is 2.45. The van der Waals surface area contributed by atoms with Crippen LogP contribution < -0.4 is 19.5 Å². The van der Waals surface area contributed by atoms with Crippen LogP contribution in [-0.2, 0) is 11.2 Å². The minimum atomic E-state index is -0.716. The van der Waals surface area contributed by atoms with Gasteiger partial charge in [0.25, 0.3) is 5.91 Å². The summed E-state index contributed by atoms with van der Waals surface area (Å²) in [4.78, 5) is 11.9. The van der Waals surface area contributed by atoms with E-state index in [1.807, 2.05) is 24.3 Å². The number of carbonyl (C=O) groups is 1. The average Bonchev–Trinajstić information content (AvgIpc) is 2.86. The maximum absolute atomic E-state index is 11.9. The first kappa shape index (κ1) is 25.4. The number of aliphatic hydroxyl groups is 1. The van der Waals surface area contributed by atoms with Gasteiger partial charge in [-0.15, -0.1) is 0 Å². The number of anilines is 1. The van der Waals surface area contributed by atoms with Gasteiger partial charge in [-0.3, -0.25) is 4.79 Å². The number of benzene rings is 2. The van der Waals surface area contributed by atoms with Crippen molar-refractivity contribution < 1.29 is 24.1 Å². The van der Waals surface area contributed by atoms with Crippen LogP contribution in [0.2, 0.25) is 0 Å². The smallest absolute Gasteiger partial charge is 0.262 e. The fourth-order valence-corrected chi connectivity index (χ4v) is 5.17. The Labute approximate surface area is 209 Å². The molecule has 1 amide bonds. The molecule has 1 heterocycles. The van der Waals surface area contributed by atoms with Gasteiger partial charge < -0.3 is 24.6 Å². The minimum Gasteiger partial charge on any atom is -0.497 e. The van der Waals surface area contributed by atoms with E-state index in [4.69, 9.17) is 14.2 Å². The fourth-order valence-electron chi connectivity index (χ4n) is 5.17. The number of carbonyl (C=O) groups excluding carboxylic acids is 1. The number of methoxy groups -OCH3 is 1. The molecular weight excluding hydrogens is 442 g/mol. The number of rotatable bonds is 10. The Bertz CT molecular complexity index is 995. The summed E-state index contributed by atoms with van der Waals surface area (Å²) in [5.41, 5.74) is 2.50. The van der Waals surface area contributed by atoms with Crippen LogP contribution in [0.3, 0.4) is 0 Å². The third kappa shape index (κ3) is 6.91. The Balaban J connectivity index is 1.44. The highest BCUT2D eigenvalue weighted by atomic mass is 16.5. The fraction of sp³-hybridized carbons (Fsp3) is 0.552. The summed E-state index contributed by atoms with van der Waals surface area (Å²) in [6.45, 7) is 5.07. The monoisotopic (exact) mass is 481 g/mol. The molecule has 1 aliphatic carbocycles. The van der Waals surface area contributed by atoms with Gasteiger partial charge in [0.05, 0.1) is 25.5 Å². The zero-order valence-corrected chi connectivity index (χ0v) is 21.3. The van der Waals surface area contributed by atoms with E-state index in [0.717, 1.165) is 18.6 Å². The first-order valence-corrected chi connectivity index (χ1v) is 12.9. The van der Waals surface area contributed by atoms with Crippen molar-refractivity contribution in [1.29, 1.82) is 0 Å². The largest absolute Gasteiger partial charge is 0.497 e. The highest BCUT2D eigenvalue weighted by Gasteiger charge is 2.27. The highest BCUT2D eigenvalue weighted by Crippen LogP contribution is 2.42. The van der Waals surface area contributed by atoms with Crippen LogP contribution in [0.15, 0.2) is 36.4 Å². The Hall–Kier alpha value is -2.73. The number of nitrogens with one attached hydrogen (secondary N) is 1. The molecule has 2 aromatic rings. The van der Waals surface area contributed by atoms with E-state index in [9.17, 15) is 9.90 Å². The summed E-state index contributed by atoms with van der Waals surface area (Å²) in [7, 11) is 1.67. The van der Waals surface area contributed by atoms with Gasteiger partial charge in [-0.05, 0) is 67.2 Å². The van der Waals surface area contributed by atoms with Gasteiger partial charge in [0.15, 0.2) is 6.61 Å². The summed E-state index contributed by atoms with van der Waals surface area (Å²) in [6.07, 6.45) is 7.83. The predicted octanol–water partition coefficient (Wildman–Crippen LogP) is 6.07. The average molecular weight is 482 g/mol. The lowest BCUT2D eigenvalue weighted by Gasteiger charge is -2.28. The molecule has 4 rings (SSSR count). The second kappa shape index (κ2) is 11.3. The van der Waals surface area contributed by atoms with Crippen LogP contribution in [0.5, 0.6) is 17.2 Å². The lowest BCUT2D eigenvalue weighted by molar-refractivity contribution is -0.118. The summed E-state index contributed by atoms with van der Waals surface area (Å²) >= 11 is 0. The van der Waals surface area contributed by atoms with Gasteiger partial charge in [0.1, 0.15) is 17.2 Å². The number of fused-ring (bicyclic) bond motifs is 1. The molecule has 1 atom stereocenters. The Morgan fingerprint density at radius 3 is 2.57 bits per heavy atom. The van der Waals surface area contributed by atoms with Gasteiger partial charge >= 0.3 is 0 Å². The van der Waals surface area contributed by atoms with E-state index in [-0.39, 0.29) is 17.9 Å². The molecule has 0 aromatic heterocycles. The van der Waals surface area contributed by atoms with E-state index in [0.29, 0.717) is 41.7 Å². The molecule has 1 saturated carbocycles. The Morgan fingerprint density at radius 1 is 1.11 bits per heavy atom. The van der Waals surface area contributed by atoms with Crippen molar-refractivity contribution >= 4 is 11.6 Å². The first-order chi connectivity index (χ1) is 16.8. The number of ether oxygens (including phenoxy) is 3. The molecule has 190 valence electrons. The van der Waals surface area contributed by atoms with E-state index in [1.165, 1.54) is 37.7 Å².